The zero-order valence-corrected chi connectivity index (χ0v) is 14.6. The third kappa shape index (κ3) is 5.70. The molecule has 0 bridgehead atoms. The van der Waals surface area contributed by atoms with Crippen LogP contribution in [0, 0.1) is 17.8 Å². The summed E-state index contributed by atoms with van der Waals surface area (Å²) in [7, 11) is 0. The second kappa shape index (κ2) is 8.80. The summed E-state index contributed by atoms with van der Waals surface area (Å²) < 4.78 is 20.3. The van der Waals surface area contributed by atoms with Crippen molar-refractivity contribution in [3.8, 4) is 0 Å². The smallest absolute Gasteiger partial charge is 0.333 e. The Hall–Kier alpha value is -2.15. The molecule has 7 heteroatoms. The van der Waals surface area contributed by atoms with Crippen molar-refractivity contribution in [3.05, 3.63) is 24.3 Å². The van der Waals surface area contributed by atoms with Crippen LogP contribution in [0.1, 0.15) is 20.3 Å². The zero-order valence-electron chi connectivity index (χ0n) is 14.6. The highest BCUT2D eigenvalue weighted by Crippen LogP contribution is 2.32. The predicted octanol–water partition coefficient (Wildman–Crippen LogP) is 1.42. The maximum Gasteiger partial charge on any atom is 0.333 e. The molecule has 0 saturated carbocycles. The highest BCUT2D eigenvalue weighted by atomic mass is 16.6. The summed E-state index contributed by atoms with van der Waals surface area (Å²) in [6.45, 7) is 7.56. The molecular formula is C18H24O7. The molecular weight excluding hydrogens is 328 g/mol. The van der Waals surface area contributed by atoms with Crippen LogP contribution in [0.5, 0.6) is 0 Å². The zero-order chi connectivity index (χ0) is 18.4. The van der Waals surface area contributed by atoms with Gasteiger partial charge in [-0.25, -0.2) is 4.79 Å². The third-order valence-corrected chi connectivity index (χ3v) is 4.13. The van der Waals surface area contributed by atoms with Gasteiger partial charge >= 0.3 is 17.9 Å². The summed E-state index contributed by atoms with van der Waals surface area (Å²) in [5.74, 6) is -2.76. The second-order valence-electron chi connectivity index (χ2n) is 6.32. The van der Waals surface area contributed by atoms with Crippen LogP contribution < -0.4 is 0 Å². The summed E-state index contributed by atoms with van der Waals surface area (Å²) >= 11 is 0. The van der Waals surface area contributed by atoms with Gasteiger partial charge in [-0.3, -0.25) is 9.59 Å². The Morgan fingerprint density at radius 3 is 2.48 bits per heavy atom. The molecule has 25 heavy (non-hydrogen) atoms. The van der Waals surface area contributed by atoms with Gasteiger partial charge in [-0.15, -0.1) is 0 Å². The molecule has 0 radical (unpaired) electrons. The highest BCUT2D eigenvalue weighted by molar-refractivity contribution is 5.87. The number of epoxide rings is 1. The van der Waals surface area contributed by atoms with Gasteiger partial charge in [0, 0.05) is 5.57 Å². The molecule has 0 aromatic rings. The fourth-order valence-electron chi connectivity index (χ4n) is 2.64. The molecule has 0 aromatic carbocycles. The molecule has 0 N–H and O–H groups in total. The third-order valence-electron chi connectivity index (χ3n) is 4.13. The minimum atomic E-state index is -0.607. The summed E-state index contributed by atoms with van der Waals surface area (Å²) in [6.07, 6.45) is 4.16. The number of ether oxygens (including phenoxy) is 4. The number of esters is 3. The average molecular weight is 352 g/mol. The molecule has 1 saturated heterocycles. The van der Waals surface area contributed by atoms with Crippen molar-refractivity contribution in [2.24, 2.45) is 17.8 Å². The van der Waals surface area contributed by atoms with Gasteiger partial charge in [-0.1, -0.05) is 25.7 Å². The summed E-state index contributed by atoms with van der Waals surface area (Å²) in [6, 6.07) is 0. The van der Waals surface area contributed by atoms with Gasteiger partial charge in [-0.05, 0) is 19.3 Å². The standard InChI is InChI=1S/C18H24O7/c1-11(2)16(19)22-7-8-23-17(20)14-6-4-5-12(3)15(14)18(21)25-10-13-9-24-13/h4-5,12-15H,1,6-10H2,2-3H3. The summed E-state index contributed by atoms with van der Waals surface area (Å²) in [4.78, 5) is 36.0. The van der Waals surface area contributed by atoms with E-state index >= 15 is 0 Å². The van der Waals surface area contributed by atoms with Gasteiger partial charge in [0.1, 0.15) is 25.9 Å². The van der Waals surface area contributed by atoms with Gasteiger partial charge in [0.05, 0.1) is 18.4 Å². The molecule has 1 aliphatic heterocycles. The topological polar surface area (TPSA) is 91.4 Å². The van der Waals surface area contributed by atoms with Crippen molar-refractivity contribution < 1.29 is 33.3 Å². The van der Waals surface area contributed by atoms with E-state index in [4.69, 9.17) is 18.9 Å². The fourth-order valence-corrected chi connectivity index (χ4v) is 2.64. The molecule has 1 heterocycles. The summed E-state index contributed by atoms with van der Waals surface area (Å²) in [5, 5.41) is 0. The Labute approximate surface area is 146 Å². The van der Waals surface area contributed by atoms with E-state index in [9.17, 15) is 14.4 Å². The molecule has 4 unspecified atom stereocenters. The minimum absolute atomic E-state index is 0.0215. The minimum Gasteiger partial charge on any atom is -0.463 e. The van der Waals surface area contributed by atoms with Crippen LogP contribution >= 0.6 is 0 Å². The monoisotopic (exact) mass is 352 g/mol. The average Bonchev–Trinajstić information content (AvgIpc) is 3.40. The summed E-state index contributed by atoms with van der Waals surface area (Å²) in [5.41, 5.74) is 0.278. The molecule has 2 aliphatic rings. The first-order valence-corrected chi connectivity index (χ1v) is 8.34. The number of hydrogen-bond donors (Lipinski definition) is 0. The van der Waals surface area contributed by atoms with E-state index in [1.807, 2.05) is 19.1 Å². The van der Waals surface area contributed by atoms with Crippen LogP contribution in [0.2, 0.25) is 0 Å². The Balaban J connectivity index is 1.84. The molecule has 7 nitrogen and oxygen atoms in total. The van der Waals surface area contributed by atoms with Crippen molar-refractivity contribution in [1.29, 1.82) is 0 Å². The SMILES string of the molecule is C=C(C)C(=O)OCCOC(=O)C1CC=CC(C)C1C(=O)OCC1CO1. The number of hydrogen-bond acceptors (Lipinski definition) is 7. The van der Waals surface area contributed by atoms with E-state index in [2.05, 4.69) is 6.58 Å². The molecule has 0 aromatic heterocycles. The molecule has 4 atom stereocenters. The second-order valence-corrected chi connectivity index (χ2v) is 6.32. The van der Waals surface area contributed by atoms with Crippen LogP contribution in [0.4, 0.5) is 0 Å². The lowest BCUT2D eigenvalue weighted by Crippen LogP contribution is -2.38. The van der Waals surface area contributed by atoms with Crippen LogP contribution in [-0.4, -0.2) is 50.4 Å². The van der Waals surface area contributed by atoms with Crippen LogP contribution in [0.25, 0.3) is 0 Å². The lowest BCUT2D eigenvalue weighted by Gasteiger charge is -2.29. The van der Waals surface area contributed by atoms with E-state index in [0.29, 0.717) is 13.0 Å². The Bertz CT molecular complexity index is 562. The molecule has 1 aliphatic carbocycles. The van der Waals surface area contributed by atoms with E-state index in [1.54, 1.807) is 0 Å². The van der Waals surface area contributed by atoms with Crippen molar-refractivity contribution in [2.75, 3.05) is 26.4 Å². The van der Waals surface area contributed by atoms with Crippen molar-refractivity contribution in [2.45, 2.75) is 26.4 Å². The van der Waals surface area contributed by atoms with Crippen LogP contribution in [0.15, 0.2) is 24.3 Å². The molecule has 138 valence electrons. The first kappa shape index (κ1) is 19.2. The first-order valence-electron chi connectivity index (χ1n) is 8.34. The molecule has 0 amide bonds. The van der Waals surface area contributed by atoms with Gasteiger partial charge in [0.15, 0.2) is 0 Å². The largest absolute Gasteiger partial charge is 0.463 e. The van der Waals surface area contributed by atoms with Gasteiger partial charge in [-0.2, -0.15) is 0 Å². The maximum atomic E-state index is 12.4. The number of carbonyl (C=O) groups excluding carboxylic acids is 3. The molecule has 0 spiro atoms. The van der Waals surface area contributed by atoms with Crippen LogP contribution in [0.3, 0.4) is 0 Å². The van der Waals surface area contributed by atoms with E-state index in [0.717, 1.165) is 0 Å². The number of allylic oxidation sites excluding steroid dienone is 2. The van der Waals surface area contributed by atoms with E-state index in [1.165, 1.54) is 6.92 Å². The normalized spacial score (nSPS) is 27.3. The molecule has 2 rings (SSSR count). The van der Waals surface area contributed by atoms with Crippen molar-refractivity contribution in [1.82, 2.24) is 0 Å². The number of rotatable bonds is 8. The van der Waals surface area contributed by atoms with E-state index in [-0.39, 0.29) is 37.4 Å². The van der Waals surface area contributed by atoms with Crippen molar-refractivity contribution >= 4 is 17.9 Å². The van der Waals surface area contributed by atoms with Gasteiger partial charge in [0.25, 0.3) is 0 Å². The number of carbonyl (C=O) groups is 3. The predicted molar refractivity (Wildman–Crippen MR) is 87.3 cm³/mol. The highest BCUT2D eigenvalue weighted by Gasteiger charge is 2.41. The fraction of sp³-hybridized carbons (Fsp3) is 0.611. The van der Waals surface area contributed by atoms with E-state index < -0.39 is 29.7 Å². The first-order chi connectivity index (χ1) is 11.9. The Morgan fingerprint density at radius 1 is 1.16 bits per heavy atom. The quantitative estimate of drug-likeness (QED) is 0.163. The van der Waals surface area contributed by atoms with Crippen molar-refractivity contribution in [3.63, 3.8) is 0 Å². The van der Waals surface area contributed by atoms with Crippen LogP contribution in [-0.2, 0) is 33.3 Å². The molecule has 1 fully saturated rings. The lowest BCUT2D eigenvalue weighted by molar-refractivity contribution is -0.164. The Morgan fingerprint density at radius 2 is 1.84 bits per heavy atom. The maximum absolute atomic E-state index is 12.4. The van der Waals surface area contributed by atoms with Gasteiger partial charge in [0.2, 0.25) is 0 Å². The Kier molecular flexibility index (Phi) is 6.75. The van der Waals surface area contributed by atoms with Gasteiger partial charge < -0.3 is 18.9 Å². The lowest BCUT2D eigenvalue weighted by atomic mass is 9.76.